The maximum absolute atomic E-state index is 12.0. The minimum Gasteiger partial charge on any atom is -0.353 e. The molecule has 120 valence electrons. The van der Waals surface area contributed by atoms with Crippen molar-refractivity contribution in [1.29, 1.82) is 0 Å². The fourth-order valence-electron chi connectivity index (χ4n) is 2.35. The van der Waals surface area contributed by atoms with E-state index in [1.54, 1.807) is 0 Å². The number of carbonyl (C=O) groups excluding carboxylic acids is 1. The number of amides is 1. The standard InChI is InChI=1S/C17H31N3O/c1-11(2)10-20-15(7)16(14(6)19-20)8-9-17(21)18-13(5)12(3)4/h11-13H,8-10H2,1-7H3,(H,18,21). The lowest BCUT2D eigenvalue weighted by molar-refractivity contribution is -0.121. The van der Waals surface area contributed by atoms with Crippen molar-refractivity contribution in [2.45, 2.75) is 73.9 Å². The first-order valence-corrected chi connectivity index (χ1v) is 8.04. The predicted octanol–water partition coefficient (Wildman–Crippen LogP) is 3.25. The average molecular weight is 293 g/mol. The summed E-state index contributed by atoms with van der Waals surface area (Å²) < 4.78 is 2.07. The molecule has 21 heavy (non-hydrogen) atoms. The van der Waals surface area contributed by atoms with Crippen LogP contribution in [0.3, 0.4) is 0 Å². The van der Waals surface area contributed by atoms with Crippen LogP contribution in [-0.4, -0.2) is 21.7 Å². The summed E-state index contributed by atoms with van der Waals surface area (Å²) in [6, 6.07) is 0.225. The number of hydrogen-bond acceptors (Lipinski definition) is 2. The molecular weight excluding hydrogens is 262 g/mol. The maximum atomic E-state index is 12.0. The Balaban J connectivity index is 2.63. The molecule has 0 saturated carbocycles. The Morgan fingerprint density at radius 3 is 2.33 bits per heavy atom. The molecular formula is C17H31N3O. The van der Waals surface area contributed by atoms with Crippen LogP contribution in [0.25, 0.3) is 0 Å². The lowest BCUT2D eigenvalue weighted by atomic mass is 10.0. The molecule has 4 heteroatoms. The second-order valence-electron chi connectivity index (χ2n) is 6.83. The fourth-order valence-corrected chi connectivity index (χ4v) is 2.35. The Morgan fingerprint density at radius 1 is 1.19 bits per heavy atom. The Labute approximate surface area is 129 Å². The summed E-state index contributed by atoms with van der Waals surface area (Å²) in [4.78, 5) is 12.0. The molecule has 1 unspecified atom stereocenters. The zero-order chi connectivity index (χ0) is 16.2. The van der Waals surface area contributed by atoms with E-state index in [9.17, 15) is 4.79 Å². The second-order valence-corrected chi connectivity index (χ2v) is 6.83. The van der Waals surface area contributed by atoms with Crippen molar-refractivity contribution in [1.82, 2.24) is 15.1 Å². The molecule has 0 spiro atoms. The topological polar surface area (TPSA) is 46.9 Å². The molecule has 1 heterocycles. The van der Waals surface area contributed by atoms with E-state index in [0.29, 0.717) is 18.3 Å². The van der Waals surface area contributed by atoms with E-state index in [4.69, 9.17) is 0 Å². The number of aromatic nitrogens is 2. The molecule has 0 aliphatic heterocycles. The molecule has 0 aliphatic rings. The van der Waals surface area contributed by atoms with Gasteiger partial charge >= 0.3 is 0 Å². The van der Waals surface area contributed by atoms with Gasteiger partial charge in [-0.05, 0) is 44.6 Å². The number of nitrogens with zero attached hydrogens (tertiary/aromatic N) is 2. The Kier molecular flexibility index (Phi) is 6.43. The lowest BCUT2D eigenvalue weighted by Crippen LogP contribution is -2.36. The van der Waals surface area contributed by atoms with Gasteiger partial charge in [0.15, 0.2) is 0 Å². The first-order valence-electron chi connectivity index (χ1n) is 8.04. The quantitative estimate of drug-likeness (QED) is 0.839. The summed E-state index contributed by atoms with van der Waals surface area (Å²) in [7, 11) is 0. The molecule has 1 rings (SSSR count). The molecule has 0 aliphatic carbocycles. The van der Waals surface area contributed by atoms with E-state index >= 15 is 0 Å². The van der Waals surface area contributed by atoms with Crippen LogP contribution < -0.4 is 5.32 Å². The first kappa shape index (κ1) is 17.7. The summed E-state index contributed by atoms with van der Waals surface area (Å²) >= 11 is 0. The highest BCUT2D eigenvalue weighted by Crippen LogP contribution is 2.16. The van der Waals surface area contributed by atoms with Gasteiger partial charge in [0.25, 0.3) is 0 Å². The SMILES string of the molecule is Cc1nn(CC(C)C)c(C)c1CCC(=O)NC(C)C(C)C. The van der Waals surface area contributed by atoms with Gasteiger partial charge < -0.3 is 5.32 Å². The highest BCUT2D eigenvalue weighted by atomic mass is 16.1. The van der Waals surface area contributed by atoms with Gasteiger partial charge in [-0.3, -0.25) is 9.48 Å². The monoisotopic (exact) mass is 293 g/mol. The largest absolute Gasteiger partial charge is 0.353 e. The van der Waals surface area contributed by atoms with E-state index in [2.05, 4.69) is 56.6 Å². The third-order valence-electron chi connectivity index (χ3n) is 4.06. The molecule has 0 fully saturated rings. The van der Waals surface area contributed by atoms with Crippen molar-refractivity contribution in [3.8, 4) is 0 Å². The normalized spacial score (nSPS) is 13.0. The predicted molar refractivity (Wildman–Crippen MR) is 87.3 cm³/mol. The number of nitrogens with one attached hydrogen (secondary N) is 1. The Bertz CT molecular complexity index is 475. The van der Waals surface area contributed by atoms with E-state index in [1.807, 2.05) is 6.92 Å². The van der Waals surface area contributed by atoms with Crippen LogP contribution >= 0.6 is 0 Å². The number of aryl methyl sites for hydroxylation is 1. The van der Waals surface area contributed by atoms with Crippen molar-refractivity contribution in [2.75, 3.05) is 0 Å². The van der Waals surface area contributed by atoms with Crippen LogP contribution in [0.4, 0.5) is 0 Å². The molecule has 1 N–H and O–H groups in total. The van der Waals surface area contributed by atoms with Crippen molar-refractivity contribution in [3.63, 3.8) is 0 Å². The minimum atomic E-state index is 0.131. The van der Waals surface area contributed by atoms with Crippen LogP contribution in [0.1, 0.15) is 58.0 Å². The number of rotatable bonds is 7. The van der Waals surface area contributed by atoms with Crippen molar-refractivity contribution in [3.05, 3.63) is 17.0 Å². The number of carbonyl (C=O) groups is 1. The Hall–Kier alpha value is -1.32. The van der Waals surface area contributed by atoms with Gasteiger partial charge in [0.2, 0.25) is 5.91 Å². The third kappa shape index (κ3) is 5.18. The Morgan fingerprint density at radius 2 is 1.81 bits per heavy atom. The molecule has 1 amide bonds. The van der Waals surface area contributed by atoms with Gasteiger partial charge in [-0.2, -0.15) is 5.10 Å². The molecule has 1 atom stereocenters. The smallest absolute Gasteiger partial charge is 0.220 e. The molecule has 0 aromatic carbocycles. The summed E-state index contributed by atoms with van der Waals surface area (Å²) in [5.74, 6) is 1.17. The summed E-state index contributed by atoms with van der Waals surface area (Å²) in [5, 5.41) is 7.66. The average Bonchev–Trinajstić information content (AvgIpc) is 2.61. The minimum absolute atomic E-state index is 0.131. The van der Waals surface area contributed by atoms with Crippen LogP contribution in [0, 0.1) is 25.7 Å². The second kappa shape index (κ2) is 7.62. The van der Waals surface area contributed by atoms with Crippen LogP contribution in [0.15, 0.2) is 0 Å². The third-order valence-corrected chi connectivity index (χ3v) is 4.06. The molecule has 0 saturated heterocycles. The summed E-state index contributed by atoms with van der Waals surface area (Å²) in [5.41, 5.74) is 3.48. The highest BCUT2D eigenvalue weighted by Gasteiger charge is 2.15. The van der Waals surface area contributed by atoms with Crippen LogP contribution in [0.5, 0.6) is 0 Å². The molecule has 0 bridgehead atoms. The van der Waals surface area contributed by atoms with Gasteiger partial charge in [0, 0.05) is 24.7 Å². The summed E-state index contributed by atoms with van der Waals surface area (Å²) in [6.07, 6.45) is 1.30. The van der Waals surface area contributed by atoms with E-state index in [-0.39, 0.29) is 11.9 Å². The van der Waals surface area contributed by atoms with Gasteiger partial charge in [-0.1, -0.05) is 27.7 Å². The van der Waals surface area contributed by atoms with Crippen molar-refractivity contribution >= 4 is 5.91 Å². The van der Waals surface area contributed by atoms with Crippen molar-refractivity contribution < 1.29 is 4.79 Å². The molecule has 1 aromatic rings. The lowest BCUT2D eigenvalue weighted by Gasteiger charge is -2.17. The zero-order valence-corrected chi connectivity index (χ0v) is 14.7. The summed E-state index contributed by atoms with van der Waals surface area (Å²) in [6.45, 7) is 15.8. The molecule has 1 aromatic heterocycles. The zero-order valence-electron chi connectivity index (χ0n) is 14.7. The van der Waals surface area contributed by atoms with E-state index in [0.717, 1.165) is 18.7 Å². The van der Waals surface area contributed by atoms with Gasteiger partial charge in [0.05, 0.1) is 5.69 Å². The van der Waals surface area contributed by atoms with Crippen LogP contribution in [-0.2, 0) is 17.8 Å². The first-order chi connectivity index (χ1) is 9.72. The van der Waals surface area contributed by atoms with Gasteiger partial charge in [-0.25, -0.2) is 0 Å². The highest BCUT2D eigenvalue weighted by molar-refractivity contribution is 5.76. The molecule has 4 nitrogen and oxygen atoms in total. The van der Waals surface area contributed by atoms with Crippen molar-refractivity contribution in [2.24, 2.45) is 11.8 Å². The fraction of sp³-hybridized carbons (Fsp3) is 0.765. The van der Waals surface area contributed by atoms with Crippen LogP contribution in [0.2, 0.25) is 0 Å². The van der Waals surface area contributed by atoms with E-state index in [1.165, 1.54) is 11.3 Å². The molecule has 0 radical (unpaired) electrons. The van der Waals surface area contributed by atoms with E-state index < -0.39 is 0 Å². The van der Waals surface area contributed by atoms with Gasteiger partial charge in [-0.15, -0.1) is 0 Å². The van der Waals surface area contributed by atoms with Gasteiger partial charge in [0.1, 0.15) is 0 Å². The maximum Gasteiger partial charge on any atom is 0.220 e. The number of hydrogen-bond donors (Lipinski definition) is 1.